The van der Waals surface area contributed by atoms with Crippen molar-refractivity contribution < 1.29 is 17.6 Å². The van der Waals surface area contributed by atoms with Gasteiger partial charge >= 0.3 is 0 Å². The molecule has 24 heavy (non-hydrogen) atoms. The highest BCUT2D eigenvalue weighted by Crippen LogP contribution is 2.16. The number of carbonyl (C=O) groups is 1. The largest absolute Gasteiger partial charge is 0.352 e. The number of benzene rings is 2. The number of nitrogens with one attached hydrogen (secondary N) is 1. The Labute approximate surface area is 141 Å². The number of halogens is 1. The van der Waals surface area contributed by atoms with Crippen LogP contribution in [0.4, 0.5) is 4.39 Å². The van der Waals surface area contributed by atoms with Gasteiger partial charge in [0.2, 0.25) is 0 Å². The van der Waals surface area contributed by atoms with Gasteiger partial charge in [0.25, 0.3) is 5.91 Å². The van der Waals surface area contributed by atoms with Crippen LogP contribution in [0.5, 0.6) is 0 Å². The lowest BCUT2D eigenvalue weighted by atomic mass is 10.1. The van der Waals surface area contributed by atoms with Crippen LogP contribution in [-0.4, -0.2) is 26.1 Å². The highest BCUT2D eigenvalue weighted by Gasteiger charge is 2.19. The minimum Gasteiger partial charge on any atom is -0.352 e. The summed E-state index contributed by atoms with van der Waals surface area (Å²) in [5.74, 6) is -0.565. The molecule has 0 aliphatic rings. The summed E-state index contributed by atoms with van der Waals surface area (Å²) in [6, 6.07) is 12.0. The number of sulfone groups is 1. The van der Waals surface area contributed by atoms with Crippen molar-refractivity contribution in [2.24, 2.45) is 0 Å². The van der Waals surface area contributed by atoms with Gasteiger partial charge < -0.3 is 5.32 Å². The van der Waals surface area contributed by atoms with Crippen molar-refractivity contribution in [1.29, 1.82) is 0 Å². The van der Waals surface area contributed by atoms with E-state index in [9.17, 15) is 17.6 Å². The Hall–Kier alpha value is -2.21. The van der Waals surface area contributed by atoms with Gasteiger partial charge in [-0.2, -0.15) is 0 Å². The first-order chi connectivity index (χ1) is 11.3. The number of amides is 1. The predicted octanol–water partition coefficient (Wildman–Crippen LogP) is 2.98. The van der Waals surface area contributed by atoms with Crippen molar-refractivity contribution >= 4 is 15.7 Å². The average Bonchev–Trinajstić information content (AvgIpc) is 2.56. The summed E-state index contributed by atoms with van der Waals surface area (Å²) in [5.41, 5.74) is 1.33. The predicted molar refractivity (Wildman–Crippen MR) is 91.2 cm³/mol. The number of rotatable bonds is 6. The van der Waals surface area contributed by atoms with E-state index in [1.54, 1.807) is 26.0 Å². The fourth-order valence-corrected chi connectivity index (χ4v) is 3.20. The molecular weight excluding hydrogens is 329 g/mol. The first-order valence-electron chi connectivity index (χ1n) is 7.67. The summed E-state index contributed by atoms with van der Waals surface area (Å²) in [4.78, 5) is 12.3. The van der Waals surface area contributed by atoms with Gasteiger partial charge in [0.05, 0.1) is 10.1 Å². The lowest BCUT2D eigenvalue weighted by molar-refractivity contribution is 0.0954. The van der Waals surface area contributed by atoms with Gasteiger partial charge in [0.15, 0.2) is 9.84 Å². The molecule has 0 saturated heterocycles. The summed E-state index contributed by atoms with van der Waals surface area (Å²) >= 11 is 0. The minimum atomic E-state index is -3.34. The molecule has 0 spiro atoms. The third-order valence-electron chi connectivity index (χ3n) is 3.68. The van der Waals surface area contributed by atoms with E-state index in [4.69, 9.17) is 0 Å². The van der Waals surface area contributed by atoms with E-state index in [0.717, 1.165) is 5.56 Å². The Balaban J connectivity index is 1.94. The van der Waals surface area contributed by atoms with Gasteiger partial charge in [0, 0.05) is 12.1 Å². The molecule has 0 unspecified atom stereocenters. The summed E-state index contributed by atoms with van der Waals surface area (Å²) in [6.45, 7) is 3.65. The van der Waals surface area contributed by atoms with Gasteiger partial charge in [-0.25, -0.2) is 12.8 Å². The lowest BCUT2D eigenvalue weighted by Crippen LogP contribution is -2.25. The van der Waals surface area contributed by atoms with Crippen molar-refractivity contribution in [2.45, 2.75) is 30.4 Å². The Morgan fingerprint density at radius 2 is 1.62 bits per heavy atom. The molecule has 0 aliphatic carbocycles. The standard InChI is InChI=1S/C18H20FNO3S/c1-13(2)24(22,23)17-9-5-15(6-10-17)18(21)20-12-11-14-3-7-16(19)8-4-14/h3-10,13H,11-12H2,1-2H3,(H,20,21). The molecule has 0 aliphatic heterocycles. The lowest BCUT2D eigenvalue weighted by Gasteiger charge is -2.09. The molecular formula is C18H20FNO3S. The van der Waals surface area contributed by atoms with Crippen LogP contribution in [0.2, 0.25) is 0 Å². The van der Waals surface area contributed by atoms with Crippen LogP contribution >= 0.6 is 0 Å². The third kappa shape index (κ3) is 4.41. The fraction of sp³-hybridized carbons (Fsp3) is 0.278. The summed E-state index contributed by atoms with van der Waals surface area (Å²) in [7, 11) is -3.34. The minimum absolute atomic E-state index is 0.209. The normalized spacial score (nSPS) is 11.5. The van der Waals surface area contributed by atoms with Crippen LogP contribution in [0.3, 0.4) is 0 Å². The molecule has 0 aromatic heterocycles. The van der Waals surface area contributed by atoms with E-state index in [1.165, 1.54) is 36.4 Å². The SMILES string of the molecule is CC(C)S(=O)(=O)c1ccc(C(=O)NCCc2ccc(F)cc2)cc1. The zero-order valence-electron chi connectivity index (χ0n) is 13.6. The monoisotopic (exact) mass is 349 g/mol. The molecule has 0 bridgehead atoms. The zero-order chi connectivity index (χ0) is 17.7. The summed E-state index contributed by atoms with van der Waals surface area (Å²) < 4.78 is 36.9. The highest BCUT2D eigenvalue weighted by molar-refractivity contribution is 7.92. The maximum atomic E-state index is 12.8. The first kappa shape index (κ1) is 18.1. The van der Waals surface area contributed by atoms with Crippen molar-refractivity contribution in [3.63, 3.8) is 0 Å². The van der Waals surface area contributed by atoms with E-state index < -0.39 is 15.1 Å². The number of hydrogen-bond donors (Lipinski definition) is 1. The van der Waals surface area contributed by atoms with Gasteiger partial charge in [0.1, 0.15) is 5.82 Å². The molecule has 0 heterocycles. The zero-order valence-corrected chi connectivity index (χ0v) is 14.4. The highest BCUT2D eigenvalue weighted by atomic mass is 32.2. The second-order valence-electron chi connectivity index (χ2n) is 5.75. The second kappa shape index (κ2) is 7.57. The third-order valence-corrected chi connectivity index (χ3v) is 5.85. The second-order valence-corrected chi connectivity index (χ2v) is 8.25. The van der Waals surface area contributed by atoms with Crippen LogP contribution in [0.15, 0.2) is 53.4 Å². The Morgan fingerprint density at radius 1 is 1.04 bits per heavy atom. The van der Waals surface area contributed by atoms with Gasteiger partial charge in [-0.3, -0.25) is 4.79 Å². The summed E-state index contributed by atoms with van der Waals surface area (Å²) in [5, 5.41) is 2.25. The molecule has 0 fully saturated rings. The maximum Gasteiger partial charge on any atom is 0.251 e. The Morgan fingerprint density at radius 3 is 2.17 bits per heavy atom. The van der Waals surface area contributed by atoms with E-state index in [1.807, 2.05) is 0 Å². The molecule has 2 rings (SSSR count). The molecule has 0 radical (unpaired) electrons. The van der Waals surface area contributed by atoms with Crippen LogP contribution < -0.4 is 5.32 Å². The molecule has 0 saturated carbocycles. The van der Waals surface area contributed by atoms with Crippen LogP contribution in [0.1, 0.15) is 29.8 Å². The molecule has 4 nitrogen and oxygen atoms in total. The van der Waals surface area contributed by atoms with E-state index in [-0.39, 0.29) is 16.6 Å². The maximum absolute atomic E-state index is 12.8. The smallest absolute Gasteiger partial charge is 0.251 e. The number of hydrogen-bond acceptors (Lipinski definition) is 3. The quantitative estimate of drug-likeness (QED) is 0.872. The van der Waals surface area contributed by atoms with E-state index in [2.05, 4.69) is 5.32 Å². The van der Waals surface area contributed by atoms with Gasteiger partial charge in [-0.1, -0.05) is 12.1 Å². The van der Waals surface area contributed by atoms with E-state index in [0.29, 0.717) is 18.5 Å². The molecule has 6 heteroatoms. The fourth-order valence-electron chi connectivity index (χ4n) is 2.14. The Bertz CT molecular complexity index is 797. The number of carbonyl (C=O) groups excluding carboxylic acids is 1. The molecule has 1 amide bonds. The molecule has 0 atom stereocenters. The topological polar surface area (TPSA) is 63.2 Å². The van der Waals surface area contributed by atoms with Crippen molar-refractivity contribution in [1.82, 2.24) is 5.32 Å². The van der Waals surface area contributed by atoms with Crippen LogP contribution in [0.25, 0.3) is 0 Å². The van der Waals surface area contributed by atoms with Gasteiger partial charge in [-0.05, 0) is 62.2 Å². The summed E-state index contributed by atoms with van der Waals surface area (Å²) in [6.07, 6.45) is 0.589. The van der Waals surface area contributed by atoms with Crippen molar-refractivity contribution in [3.05, 3.63) is 65.5 Å². The molecule has 128 valence electrons. The molecule has 2 aromatic carbocycles. The van der Waals surface area contributed by atoms with Gasteiger partial charge in [-0.15, -0.1) is 0 Å². The van der Waals surface area contributed by atoms with Crippen LogP contribution in [-0.2, 0) is 16.3 Å². The van der Waals surface area contributed by atoms with E-state index >= 15 is 0 Å². The van der Waals surface area contributed by atoms with Crippen LogP contribution in [0, 0.1) is 5.82 Å². The first-order valence-corrected chi connectivity index (χ1v) is 9.22. The Kier molecular flexibility index (Phi) is 5.72. The van der Waals surface area contributed by atoms with Crippen molar-refractivity contribution in [2.75, 3.05) is 6.54 Å². The van der Waals surface area contributed by atoms with Crippen molar-refractivity contribution in [3.8, 4) is 0 Å². The average molecular weight is 349 g/mol. The molecule has 1 N–H and O–H groups in total. The molecule has 2 aromatic rings.